The number of thiocarbonyl (C=S) groups is 1. The highest BCUT2D eigenvalue weighted by molar-refractivity contribution is 7.91. The van der Waals surface area contributed by atoms with E-state index in [1.807, 2.05) is 13.8 Å². The van der Waals surface area contributed by atoms with Gasteiger partial charge in [-0.05, 0) is 13.3 Å². The summed E-state index contributed by atoms with van der Waals surface area (Å²) >= 11 is 4.99. The van der Waals surface area contributed by atoms with Crippen molar-refractivity contribution >= 4 is 27.0 Å². The maximum absolute atomic E-state index is 11.4. The first-order valence-electron chi connectivity index (χ1n) is 5.13. The van der Waals surface area contributed by atoms with Crippen molar-refractivity contribution < 1.29 is 8.42 Å². The number of hydrogen-bond donors (Lipinski definition) is 1. The Bertz CT molecular complexity index is 340. The SMILES string of the molecule is CCC(C(N)=S)N1CCS(=O)(=O)CC1C. The number of nitrogens with two attached hydrogens (primary N) is 1. The summed E-state index contributed by atoms with van der Waals surface area (Å²) < 4.78 is 22.8. The van der Waals surface area contributed by atoms with Gasteiger partial charge in [-0.3, -0.25) is 4.90 Å². The third kappa shape index (κ3) is 3.12. The smallest absolute Gasteiger partial charge is 0.153 e. The normalized spacial score (nSPS) is 28.5. The van der Waals surface area contributed by atoms with Crippen molar-refractivity contribution in [3.05, 3.63) is 0 Å². The molecule has 1 fully saturated rings. The third-order valence-corrected chi connectivity index (χ3v) is 4.90. The fourth-order valence-electron chi connectivity index (χ4n) is 2.07. The van der Waals surface area contributed by atoms with Crippen LogP contribution < -0.4 is 5.73 Å². The lowest BCUT2D eigenvalue weighted by Crippen LogP contribution is -2.55. The molecule has 0 amide bonds. The summed E-state index contributed by atoms with van der Waals surface area (Å²) in [7, 11) is -2.86. The predicted octanol–water partition coefficient (Wildman–Crippen LogP) is 0.170. The van der Waals surface area contributed by atoms with E-state index in [1.165, 1.54) is 0 Å². The van der Waals surface area contributed by atoms with E-state index in [0.29, 0.717) is 11.5 Å². The van der Waals surface area contributed by atoms with Gasteiger partial charge in [0.2, 0.25) is 0 Å². The van der Waals surface area contributed by atoms with E-state index in [2.05, 4.69) is 4.90 Å². The second-order valence-electron chi connectivity index (χ2n) is 4.03. The third-order valence-electron chi connectivity index (χ3n) is 2.84. The van der Waals surface area contributed by atoms with E-state index in [4.69, 9.17) is 18.0 Å². The fourth-order valence-corrected chi connectivity index (χ4v) is 3.96. The summed E-state index contributed by atoms with van der Waals surface area (Å²) in [6.07, 6.45) is 0.833. The van der Waals surface area contributed by atoms with Crippen molar-refractivity contribution in [2.45, 2.75) is 32.4 Å². The number of sulfone groups is 1. The summed E-state index contributed by atoms with van der Waals surface area (Å²) in [5.74, 6) is 0.433. The van der Waals surface area contributed by atoms with E-state index < -0.39 is 9.84 Å². The predicted molar refractivity (Wildman–Crippen MR) is 65.7 cm³/mol. The van der Waals surface area contributed by atoms with E-state index in [0.717, 1.165) is 6.42 Å². The molecule has 15 heavy (non-hydrogen) atoms. The van der Waals surface area contributed by atoms with Crippen LogP contribution in [0, 0.1) is 0 Å². The lowest BCUT2D eigenvalue weighted by atomic mass is 10.1. The molecule has 1 rings (SSSR count). The highest BCUT2D eigenvalue weighted by Crippen LogP contribution is 2.16. The summed E-state index contributed by atoms with van der Waals surface area (Å²) in [4.78, 5) is 2.56. The number of rotatable bonds is 3. The van der Waals surface area contributed by atoms with Crippen LogP contribution in [0.25, 0.3) is 0 Å². The van der Waals surface area contributed by atoms with Crippen molar-refractivity contribution in [1.82, 2.24) is 4.90 Å². The van der Waals surface area contributed by atoms with Crippen molar-refractivity contribution in [3.63, 3.8) is 0 Å². The Morgan fingerprint density at radius 3 is 2.67 bits per heavy atom. The van der Waals surface area contributed by atoms with Gasteiger partial charge in [-0.1, -0.05) is 19.1 Å². The largest absolute Gasteiger partial charge is 0.392 e. The molecule has 0 aromatic rings. The molecular weight excluding hydrogens is 232 g/mol. The van der Waals surface area contributed by atoms with Crippen LogP contribution in [0.15, 0.2) is 0 Å². The van der Waals surface area contributed by atoms with E-state index >= 15 is 0 Å². The number of hydrogen-bond acceptors (Lipinski definition) is 4. The molecular formula is C9H18N2O2S2. The van der Waals surface area contributed by atoms with E-state index in [1.54, 1.807) is 0 Å². The van der Waals surface area contributed by atoms with Gasteiger partial charge in [-0.15, -0.1) is 0 Å². The molecule has 4 nitrogen and oxygen atoms in total. The van der Waals surface area contributed by atoms with Gasteiger partial charge in [0.25, 0.3) is 0 Å². The molecule has 1 aliphatic heterocycles. The van der Waals surface area contributed by atoms with Crippen molar-refractivity contribution in [3.8, 4) is 0 Å². The zero-order valence-corrected chi connectivity index (χ0v) is 10.8. The monoisotopic (exact) mass is 250 g/mol. The van der Waals surface area contributed by atoms with Gasteiger partial charge in [-0.2, -0.15) is 0 Å². The Hall–Kier alpha value is -0.200. The van der Waals surface area contributed by atoms with Gasteiger partial charge in [0.1, 0.15) is 0 Å². The fraction of sp³-hybridized carbons (Fsp3) is 0.889. The molecule has 88 valence electrons. The quantitative estimate of drug-likeness (QED) is 0.724. The van der Waals surface area contributed by atoms with Crippen LogP contribution >= 0.6 is 12.2 Å². The summed E-state index contributed by atoms with van der Waals surface area (Å²) in [6.45, 7) is 4.47. The molecule has 2 atom stereocenters. The molecule has 1 heterocycles. The van der Waals surface area contributed by atoms with Crippen LogP contribution in [0.3, 0.4) is 0 Å². The maximum Gasteiger partial charge on any atom is 0.153 e. The average molecular weight is 250 g/mol. The lowest BCUT2D eigenvalue weighted by Gasteiger charge is -2.38. The van der Waals surface area contributed by atoms with Gasteiger partial charge in [0.15, 0.2) is 9.84 Å². The Kier molecular flexibility index (Phi) is 4.08. The second kappa shape index (κ2) is 4.76. The van der Waals surface area contributed by atoms with Gasteiger partial charge in [0.05, 0.1) is 22.5 Å². The summed E-state index contributed by atoms with van der Waals surface area (Å²) in [6, 6.07) is 0.0423. The van der Waals surface area contributed by atoms with Crippen molar-refractivity contribution in [2.75, 3.05) is 18.1 Å². The van der Waals surface area contributed by atoms with Crippen LogP contribution in [0.5, 0.6) is 0 Å². The van der Waals surface area contributed by atoms with Crippen LogP contribution in [-0.2, 0) is 9.84 Å². The van der Waals surface area contributed by atoms with Gasteiger partial charge >= 0.3 is 0 Å². The molecule has 0 spiro atoms. The Morgan fingerprint density at radius 1 is 1.67 bits per heavy atom. The van der Waals surface area contributed by atoms with Crippen LogP contribution in [0.4, 0.5) is 0 Å². The first-order valence-corrected chi connectivity index (χ1v) is 7.36. The molecule has 0 aromatic heterocycles. The second-order valence-corrected chi connectivity index (χ2v) is 6.73. The van der Waals surface area contributed by atoms with Gasteiger partial charge in [0, 0.05) is 12.6 Å². The topological polar surface area (TPSA) is 63.4 Å². The molecule has 0 bridgehead atoms. The van der Waals surface area contributed by atoms with Crippen LogP contribution in [0.2, 0.25) is 0 Å². The molecule has 1 saturated heterocycles. The molecule has 6 heteroatoms. The molecule has 0 saturated carbocycles. The standard InChI is InChI=1S/C9H18N2O2S2/c1-3-8(9(10)14)11-4-5-15(12,13)6-7(11)2/h7-8H,3-6H2,1-2H3,(H2,10,14). The minimum Gasteiger partial charge on any atom is -0.392 e. The summed E-state index contributed by atoms with van der Waals surface area (Å²) in [5.41, 5.74) is 5.65. The van der Waals surface area contributed by atoms with Crippen molar-refractivity contribution in [1.29, 1.82) is 0 Å². The highest BCUT2D eigenvalue weighted by atomic mass is 32.2. The van der Waals surface area contributed by atoms with E-state index in [-0.39, 0.29) is 23.6 Å². The number of nitrogens with zero attached hydrogens (tertiary/aromatic N) is 1. The minimum absolute atomic E-state index is 0.00944. The zero-order chi connectivity index (χ0) is 11.6. The lowest BCUT2D eigenvalue weighted by molar-refractivity contribution is 0.194. The molecule has 0 aromatic carbocycles. The minimum atomic E-state index is -2.86. The van der Waals surface area contributed by atoms with Crippen LogP contribution in [-0.4, -0.2) is 48.4 Å². The maximum atomic E-state index is 11.4. The molecule has 2 unspecified atom stereocenters. The molecule has 2 N–H and O–H groups in total. The highest BCUT2D eigenvalue weighted by Gasteiger charge is 2.32. The van der Waals surface area contributed by atoms with Gasteiger partial charge in [-0.25, -0.2) is 8.42 Å². The zero-order valence-electron chi connectivity index (χ0n) is 9.14. The molecule has 0 aliphatic carbocycles. The van der Waals surface area contributed by atoms with Gasteiger partial charge < -0.3 is 5.73 Å². The van der Waals surface area contributed by atoms with Crippen LogP contribution in [0.1, 0.15) is 20.3 Å². The summed E-state index contributed by atoms with van der Waals surface area (Å²) in [5, 5.41) is 0. The molecule has 1 aliphatic rings. The Labute approximate surface area is 96.7 Å². The Morgan fingerprint density at radius 2 is 2.27 bits per heavy atom. The Balaban J connectivity index is 2.77. The van der Waals surface area contributed by atoms with E-state index in [9.17, 15) is 8.42 Å². The average Bonchev–Trinajstić information content (AvgIpc) is 2.08. The first-order chi connectivity index (χ1) is 6.87. The molecule has 0 radical (unpaired) electrons. The van der Waals surface area contributed by atoms with Crippen molar-refractivity contribution in [2.24, 2.45) is 5.73 Å². The first kappa shape index (κ1) is 12.9.